The van der Waals surface area contributed by atoms with Gasteiger partial charge < -0.3 is 9.84 Å². The van der Waals surface area contributed by atoms with E-state index in [0.29, 0.717) is 19.6 Å². The largest absolute Gasteiger partial charge is 0.507 e. The van der Waals surface area contributed by atoms with Crippen molar-refractivity contribution in [3.63, 3.8) is 0 Å². The molecule has 3 aliphatic rings. The van der Waals surface area contributed by atoms with Gasteiger partial charge in [-0.15, -0.1) is 11.3 Å². The molecule has 1 N–H and O–H groups in total. The average molecular weight is 599 g/mol. The minimum Gasteiger partial charge on any atom is -0.507 e. The lowest BCUT2D eigenvalue weighted by Crippen LogP contribution is -2.34. The predicted molar refractivity (Wildman–Crippen MR) is 155 cm³/mol. The van der Waals surface area contributed by atoms with E-state index in [-0.39, 0.29) is 41.4 Å². The molecule has 3 heterocycles. The second kappa shape index (κ2) is 11.9. The molecule has 4 atom stereocenters. The van der Waals surface area contributed by atoms with Gasteiger partial charge in [0.15, 0.2) is 0 Å². The van der Waals surface area contributed by atoms with E-state index in [4.69, 9.17) is 4.74 Å². The minimum absolute atomic E-state index is 0.00202. The number of fused-ring (bicyclic) bond motifs is 3. The summed E-state index contributed by atoms with van der Waals surface area (Å²) in [6.07, 6.45) is 8.43. The van der Waals surface area contributed by atoms with Gasteiger partial charge in [0, 0.05) is 20.8 Å². The highest BCUT2D eigenvalue weighted by atomic mass is 79.9. The summed E-state index contributed by atoms with van der Waals surface area (Å²) in [4.78, 5) is 29.6. The fraction of sp³-hybridized carbons (Fsp3) is 0.484. The van der Waals surface area contributed by atoms with Crippen molar-refractivity contribution < 1.29 is 19.4 Å². The number of rotatable bonds is 10. The summed E-state index contributed by atoms with van der Waals surface area (Å²) in [5.41, 5.74) is 4.74. The van der Waals surface area contributed by atoms with E-state index >= 15 is 0 Å². The van der Waals surface area contributed by atoms with Crippen LogP contribution in [0, 0.1) is 17.8 Å². The highest BCUT2D eigenvalue weighted by Crippen LogP contribution is 2.51. The van der Waals surface area contributed by atoms with Crippen LogP contribution in [0.15, 0.2) is 56.9 Å². The molecular formula is C31H36BrNO4S. The minimum atomic E-state index is -0.299. The normalized spacial score (nSPS) is 25.3. The second-order valence-electron chi connectivity index (χ2n) is 10.7. The van der Waals surface area contributed by atoms with Crippen molar-refractivity contribution in [1.82, 2.24) is 4.90 Å². The third-order valence-corrected chi connectivity index (χ3v) is 9.55. The van der Waals surface area contributed by atoms with Gasteiger partial charge in [0.25, 0.3) is 0 Å². The van der Waals surface area contributed by atoms with Crippen molar-refractivity contribution in [2.45, 2.75) is 71.4 Å². The van der Waals surface area contributed by atoms with E-state index in [1.807, 2.05) is 29.6 Å². The van der Waals surface area contributed by atoms with E-state index in [0.717, 1.165) is 53.4 Å². The zero-order chi connectivity index (χ0) is 26.8. The molecule has 202 valence electrons. The molecule has 2 aromatic rings. The summed E-state index contributed by atoms with van der Waals surface area (Å²) in [5.74, 6) is -0.305. The fourth-order valence-corrected chi connectivity index (χ4v) is 7.63. The first-order valence-electron chi connectivity index (χ1n) is 13.8. The van der Waals surface area contributed by atoms with Crippen molar-refractivity contribution in [1.29, 1.82) is 0 Å². The summed E-state index contributed by atoms with van der Waals surface area (Å²) in [7, 11) is 0. The van der Waals surface area contributed by atoms with E-state index in [9.17, 15) is 14.7 Å². The molecule has 0 radical (unpaired) electrons. The smallest absolute Gasteiger partial charge is 0.234 e. The lowest BCUT2D eigenvalue weighted by atomic mass is 9.68. The Bertz CT molecular complexity index is 1250. The highest BCUT2D eigenvalue weighted by molar-refractivity contribution is 9.10. The quantitative estimate of drug-likeness (QED) is 0.227. The molecule has 7 heteroatoms. The Kier molecular flexibility index (Phi) is 8.56. The van der Waals surface area contributed by atoms with Gasteiger partial charge in [-0.05, 0) is 67.3 Å². The Hall–Kier alpha value is -2.22. The number of imide groups is 1. The second-order valence-corrected chi connectivity index (χ2v) is 12.7. The van der Waals surface area contributed by atoms with Crippen LogP contribution in [0.4, 0.5) is 0 Å². The number of likely N-dealkylation sites (tertiary alicyclic amines) is 1. The molecule has 38 heavy (non-hydrogen) atoms. The number of hydrogen-bond acceptors (Lipinski definition) is 5. The van der Waals surface area contributed by atoms with Crippen LogP contribution in [0.3, 0.4) is 0 Å². The summed E-state index contributed by atoms with van der Waals surface area (Å²) >= 11 is 5.09. The number of benzene rings is 1. The Morgan fingerprint density at radius 1 is 1.16 bits per heavy atom. The number of hydrogen-bond donors (Lipinski definition) is 1. The lowest BCUT2D eigenvalue weighted by molar-refractivity contribution is -0.140. The monoisotopic (exact) mass is 597 g/mol. The molecule has 1 aromatic carbocycles. The summed E-state index contributed by atoms with van der Waals surface area (Å²) < 4.78 is 7.35. The first-order valence-corrected chi connectivity index (χ1v) is 15.5. The zero-order valence-corrected chi connectivity index (χ0v) is 24.5. The van der Waals surface area contributed by atoms with Crippen LogP contribution in [0.5, 0.6) is 5.75 Å². The van der Waals surface area contributed by atoms with E-state index in [1.54, 1.807) is 17.4 Å². The molecule has 5 rings (SSSR count). The highest BCUT2D eigenvalue weighted by Gasteiger charge is 2.56. The first-order chi connectivity index (χ1) is 18.4. The van der Waals surface area contributed by atoms with E-state index < -0.39 is 0 Å². The van der Waals surface area contributed by atoms with Crippen molar-refractivity contribution in [3.05, 3.63) is 67.3 Å². The van der Waals surface area contributed by atoms with Gasteiger partial charge in [0.1, 0.15) is 5.75 Å². The Morgan fingerprint density at radius 2 is 2.00 bits per heavy atom. The van der Waals surface area contributed by atoms with Crippen LogP contribution in [0.25, 0.3) is 6.08 Å². The number of phenols is 1. The van der Waals surface area contributed by atoms with Gasteiger partial charge in [-0.3, -0.25) is 14.5 Å². The summed E-state index contributed by atoms with van der Waals surface area (Å²) in [5, 5.41) is 12.3. The van der Waals surface area contributed by atoms with Gasteiger partial charge in [0.2, 0.25) is 11.8 Å². The topological polar surface area (TPSA) is 66.8 Å². The maximum absolute atomic E-state index is 13.6. The number of allylic oxidation sites excluding steroid dienone is 2. The van der Waals surface area contributed by atoms with Crippen LogP contribution in [0.1, 0.15) is 69.2 Å². The maximum atomic E-state index is 13.6. The maximum Gasteiger partial charge on any atom is 0.234 e. The molecule has 2 amide bonds. The number of halogens is 1. The SMILES string of the molecule is CCCC1=C2[C@@H](CC/C(=C/c3cc(Br)ccc3O)CCC)OC[C@@H]2[C@@H]2C(=O)N(Cc3cccs3)C(=O)[C@@H]2C1. The molecule has 0 saturated carbocycles. The van der Waals surface area contributed by atoms with Gasteiger partial charge in [0.05, 0.1) is 31.1 Å². The van der Waals surface area contributed by atoms with Crippen molar-refractivity contribution in [3.8, 4) is 5.75 Å². The number of amides is 2. The summed E-state index contributed by atoms with van der Waals surface area (Å²) in [6.45, 7) is 5.24. The van der Waals surface area contributed by atoms with Crippen molar-refractivity contribution >= 4 is 45.2 Å². The van der Waals surface area contributed by atoms with Crippen LogP contribution < -0.4 is 0 Å². The van der Waals surface area contributed by atoms with Gasteiger partial charge in [-0.2, -0.15) is 0 Å². The van der Waals surface area contributed by atoms with Crippen LogP contribution >= 0.6 is 27.3 Å². The molecule has 1 aromatic heterocycles. The van der Waals surface area contributed by atoms with E-state index in [1.165, 1.54) is 21.6 Å². The predicted octanol–water partition coefficient (Wildman–Crippen LogP) is 7.50. The van der Waals surface area contributed by atoms with Crippen LogP contribution in [-0.2, 0) is 20.9 Å². The molecule has 0 spiro atoms. The average Bonchev–Trinajstić information content (AvgIpc) is 3.62. The molecule has 2 saturated heterocycles. The van der Waals surface area contributed by atoms with Crippen LogP contribution in [0.2, 0.25) is 0 Å². The van der Waals surface area contributed by atoms with Gasteiger partial charge >= 0.3 is 0 Å². The zero-order valence-electron chi connectivity index (χ0n) is 22.1. The number of carbonyl (C=O) groups excluding carboxylic acids is 2. The first kappa shape index (κ1) is 27.4. The molecule has 2 fully saturated rings. The Balaban J connectivity index is 1.36. The molecule has 0 bridgehead atoms. The number of aromatic hydroxyl groups is 1. The standard InChI is InChI=1S/C31H36BrNO4S/c1-3-6-19(14-21-15-22(32)10-11-26(21)34)9-12-27-28-20(7-4-2)16-24-29(25(28)18-37-27)31(36)33(30(24)35)17-23-8-5-13-38-23/h5,8,10-11,13-15,24-25,27,29,34H,3-4,6-7,9,12,16-18H2,1-2H3/b19-14+/t24-,25+,27-,29-/m1/s1. The van der Waals surface area contributed by atoms with Gasteiger partial charge in [-0.1, -0.05) is 65.9 Å². The molecule has 5 nitrogen and oxygen atoms in total. The van der Waals surface area contributed by atoms with Crippen LogP contribution in [-0.4, -0.2) is 34.5 Å². The number of thiophene rings is 1. The number of nitrogens with zero attached hydrogens (tertiary/aromatic N) is 1. The molecular weight excluding hydrogens is 562 g/mol. The summed E-state index contributed by atoms with van der Waals surface area (Å²) in [6, 6.07) is 9.45. The number of ether oxygens (including phenoxy) is 1. The van der Waals surface area contributed by atoms with Crippen molar-refractivity contribution in [2.75, 3.05) is 6.61 Å². The fourth-order valence-electron chi connectivity index (χ4n) is 6.56. The third-order valence-electron chi connectivity index (χ3n) is 8.19. The number of carbonyl (C=O) groups is 2. The van der Waals surface area contributed by atoms with Crippen molar-refractivity contribution in [2.24, 2.45) is 17.8 Å². The van der Waals surface area contributed by atoms with E-state index in [2.05, 4.69) is 35.9 Å². The third kappa shape index (κ3) is 5.43. The molecule has 2 aliphatic heterocycles. The van der Waals surface area contributed by atoms with Gasteiger partial charge in [-0.25, -0.2) is 0 Å². The Morgan fingerprint density at radius 3 is 2.74 bits per heavy atom. The number of phenolic OH excluding ortho intramolecular Hbond substituents is 1. The lowest BCUT2D eigenvalue weighted by Gasteiger charge is -2.32. The molecule has 0 unspecified atom stereocenters. The Labute approximate surface area is 237 Å². The molecule has 1 aliphatic carbocycles.